The Labute approximate surface area is 97.5 Å². The zero-order valence-corrected chi connectivity index (χ0v) is 9.26. The molecule has 1 atom stereocenters. The number of nitrogens with two attached hydrogens (primary N) is 1. The van der Waals surface area contributed by atoms with Gasteiger partial charge in [-0.25, -0.2) is 0 Å². The number of nitrogens with zero attached hydrogens (tertiary/aromatic N) is 3. The van der Waals surface area contributed by atoms with Crippen LogP contribution in [0.2, 0.25) is 0 Å². The monoisotopic (exact) mass is 231 g/mol. The quantitative estimate of drug-likeness (QED) is 0.717. The minimum atomic E-state index is -0.139. The number of aromatic amines is 1. The second-order valence-corrected chi connectivity index (χ2v) is 4.28. The van der Waals surface area contributed by atoms with E-state index in [0.29, 0.717) is 18.1 Å². The molecule has 2 aromatic heterocycles. The van der Waals surface area contributed by atoms with Crippen molar-refractivity contribution in [1.29, 1.82) is 0 Å². The van der Waals surface area contributed by atoms with Crippen molar-refractivity contribution in [1.82, 2.24) is 19.7 Å². The molecule has 88 valence electrons. The van der Waals surface area contributed by atoms with Gasteiger partial charge in [-0.05, 0) is 12.5 Å². The van der Waals surface area contributed by atoms with Gasteiger partial charge in [0.25, 0.3) is 0 Å². The highest BCUT2D eigenvalue weighted by atomic mass is 16.1. The molecule has 1 aliphatic heterocycles. The maximum atomic E-state index is 11.3. The molecule has 0 amide bonds. The Kier molecular flexibility index (Phi) is 2.29. The van der Waals surface area contributed by atoms with Gasteiger partial charge in [-0.1, -0.05) is 6.07 Å². The second kappa shape index (κ2) is 3.81. The predicted octanol–water partition coefficient (Wildman–Crippen LogP) is -0.0931. The van der Waals surface area contributed by atoms with Gasteiger partial charge in [0, 0.05) is 25.1 Å². The van der Waals surface area contributed by atoms with E-state index in [-0.39, 0.29) is 11.6 Å². The van der Waals surface area contributed by atoms with Crippen LogP contribution in [-0.4, -0.2) is 25.8 Å². The van der Waals surface area contributed by atoms with Crippen LogP contribution >= 0.6 is 0 Å². The summed E-state index contributed by atoms with van der Waals surface area (Å²) in [5.41, 5.74) is 6.48. The molecule has 0 bridgehead atoms. The fourth-order valence-electron chi connectivity index (χ4n) is 2.13. The summed E-state index contributed by atoms with van der Waals surface area (Å²) in [6.45, 7) is 0.703. The van der Waals surface area contributed by atoms with Crippen LogP contribution in [0.15, 0.2) is 23.0 Å². The highest BCUT2D eigenvalue weighted by Crippen LogP contribution is 2.19. The molecule has 1 aliphatic rings. The first-order valence-corrected chi connectivity index (χ1v) is 5.61. The van der Waals surface area contributed by atoms with Gasteiger partial charge in [-0.2, -0.15) is 0 Å². The molecule has 3 heterocycles. The van der Waals surface area contributed by atoms with Crippen LogP contribution in [0.5, 0.6) is 0 Å². The summed E-state index contributed by atoms with van der Waals surface area (Å²) >= 11 is 0. The Hall–Kier alpha value is -1.95. The lowest BCUT2D eigenvalue weighted by Gasteiger charge is -2.20. The maximum absolute atomic E-state index is 11.3. The molecule has 3 N–H and O–H groups in total. The van der Waals surface area contributed by atoms with Gasteiger partial charge in [0.1, 0.15) is 5.82 Å². The SMILES string of the molecule is NC1CCc2nnc(-c3cccc(=O)[nH]3)n2C1. The van der Waals surface area contributed by atoms with E-state index in [1.165, 1.54) is 6.07 Å². The maximum Gasteiger partial charge on any atom is 0.248 e. The predicted molar refractivity (Wildman–Crippen MR) is 62.4 cm³/mol. The number of fused-ring (bicyclic) bond motifs is 1. The first kappa shape index (κ1) is 10.2. The fourth-order valence-corrected chi connectivity index (χ4v) is 2.13. The molecule has 0 spiro atoms. The van der Waals surface area contributed by atoms with Crippen LogP contribution in [0, 0.1) is 0 Å². The van der Waals surface area contributed by atoms with Crippen molar-refractivity contribution in [2.75, 3.05) is 0 Å². The molecular formula is C11H13N5O. The van der Waals surface area contributed by atoms with Crippen LogP contribution in [0.3, 0.4) is 0 Å². The number of H-pyrrole nitrogens is 1. The van der Waals surface area contributed by atoms with Crippen molar-refractivity contribution in [2.24, 2.45) is 5.73 Å². The highest BCUT2D eigenvalue weighted by Gasteiger charge is 2.21. The van der Waals surface area contributed by atoms with Crippen LogP contribution in [-0.2, 0) is 13.0 Å². The van der Waals surface area contributed by atoms with Gasteiger partial charge in [0.2, 0.25) is 5.56 Å². The molecule has 6 heteroatoms. The zero-order valence-electron chi connectivity index (χ0n) is 9.26. The Morgan fingerprint density at radius 3 is 3.12 bits per heavy atom. The minimum Gasteiger partial charge on any atom is -0.326 e. The summed E-state index contributed by atoms with van der Waals surface area (Å²) in [7, 11) is 0. The topological polar surface area (TPSA) is 89.6 Å². The molecule has 0 fully saturated rings. The molecular weight excluding hydrogens is 218 g/mol. The third kappa shape index (κ3) is 1.76. The summed E-state index contributed by atoms with van der Waals surface area (Å²) in [6.07, 6.45) is 1.77. The van der Waals surface area contributed by atoms with E-state index in [2.05, 4.69) is 15.2 Å². The molecule has 17 heavy (non-hydrogen) atoms. The minimum absolute atomic E-state index is 0.132. The van der Waals surface area contributed by atoms with Gasteiger partial charge >= 0.3 is 0 Å². The molecule has 2 aromatic rings. The van der Waals surface area contributed by atoms with Crippen LogP contribution in [0.4, 0.5) is 0 Å². The second-order valence-electron chi connectivity index (χ2n) is 4.28. The number of hydrogen-bond acceptors (Lipinski definition) is 4. The van der Waals surface area contributed by atoms with Crippen LogP contribution in [0.25, 0.3) is 11.5 Å². The van der Waals surface area contributed by atoms with E-state index < -0.39 is 0 Å². The van der Waals surface area contributed by atoms with Crippen LogP contribution in [0.1, 0.15) is 12.2 Å². The average molecular weight is 231 g/mol. The number of nitrogens with one attached hydrogen (secondary N) is 1. The van der Waals surface area contributed by atoms with E-state index in [9.17, 15) is 4.79 Å². The molecule has 3 rings (SSSR count). The van der Waals surface area contributed by atoms with Crippen LogP contribution < -0.4 is 11.3 Å². The standard InChI is InChI=1S/C11H13N5O/c12-7-4-5-9-14-15-11(16(9)6-7)8-2-1-3-10(17)13-8/h1-3,7H,4-6,12H2,(H,13,17). The Morgan fingerprint density at radius 1 is 1.41 bits per heavy atom. The molecule has 1 unspecified atom stereocenters. The molecule has 0 aromatic carbocycles. The Bertz CT molecular complexity index is 600. The van der Waals surface area contributed by atoms with Crippen molar-refractivity contribution < 1.29 is 0 Å². The normalized spacial score (nSPS) is 19.0. The van der Waals surface area contributed by atoms with Crippen molar-refractivity contribution in [2.45, 2.75) is 25.4 Å². The van der Waals surface area contributed by atoms with Crippen molar-refractivity contribution in [3.05, 3.63) is 34.4 Å². The number of rotatable bonds is 1. The lowest BCUT2D eigenvalue weighted by molar-refractivity contribution is 0.456. The molecule has 0 aliphatic carbocycles. The van der Waals surface area contributed by atoms with Gasteiger partial charge in [0.05, 0.1) is 5.69 Å². The summed E-state index contributed by atoms with van der Waals surface area (Å²) in [5.74, 6) is 1.62. The molecule has 0 saturated heterocycles. The lowest BCUT2D eigenvalue weighted by Crippen LogP contribution is -2.32. The van der Waals surface area contributed by atoms with Gasteiger partial charge in [-0.15, -0.1) is 10.2 Å². The number of aryl methyl sites for hydroxylation is 1. The zero-order chi connectivity index (χ0) is 11.8. The van der Waals surface area contributed by atoms with E-state index >= 15 is 0 Å². The number of hydrogen-bond donors (Lipinski definition) is 2. The molecule has 6 nitrogen and oxygen atoms in total. The van der Waals surface area contributed by atoms with E-state index in [0.717, 1.165) is 18.7 Å². The molecule has 0 radical (unpaired) electrons. The van der Waals surface area contributed by atoms with Crippen molar-refractivity contribution in [3.8, 4) is 11.5 Å². The van der Waals surface area contributed by atoms with Gasteiger partial charge in [-0.3, -0.25) is 4.79 Å². The Morgan fingerprint density at radius 2 is 2.29 bits per heavy atom. The van der Waals surface area contributed by atoms with E-state index in [1.54, 1.807) is 6.07 Å². The number of aromatic nitrogens is 4. The van der Waals surface area contributed by atoms with Crippen molar-refractivity contribution >= 4 is 0 Å². The third-order valence-electron chi connectivity index (χ3n) is 2.99. The van der Waals surface area contributed by atoms with E-state index in [1.807, 2.05) is 10.6 Å². The van der Waals surface area contributed by atoms with E-state index in [4.69, 9.17) is 5.73 Å². The Balaban J connectivity index is 2.10. The largest absolute Gasteiger partial charge is 0.326 e. The average Bonchev–Trinajstić information content (AvgIpc) is 2.71. The lowest BCUT2D eigenvalue weighted by atomic mass is 10.1. The first-order chi connectivity index (χ1) is 8.24. The van der Waals surface area contributed by atoms with Crippen molar-refractivity contribution in [3.63, 3.8) is 0 Å². The summed E-state index contributed by atoms with van der Waals surface area (Å²) in [5, 5.41) is 8.26. The first-order valence-electron chi connectivity index (χ1n) is 5.61. The van der Waals surface area contributed by atoms with Gasteiger partial charge in [0.15, 0.2) is 5.82 Å². The highest BCUT2D eigenvalue weighted by molar-refractivity contribution is 5.49. The summed E-state index contributed by atoms with van der Waals surface area (Å²) in [6, 6.07) is 5.13. The number of pyridine rings is 1. The fraction of sp³-hybridized carbons (Fsp3) is 0.364. The smallest absolute Gasteiger partial charge is 0.248 e. The summed E-state index contributed by atoms with van der Waals surface area (Å²) in [4.78, 5) is 14.0. The molecule has 0 saturated carbocycles. The van der Waals surface area contributed by atoms with Gasteiger partial charge < -0.3 is 15.3 Å². The third-order valence-corrected chi connectivity index (χ3v) is 2.99. The summed E-state index contributed by atoms with van der Waals surface area (Å²) < 4.78 is 1.99.